The Balaban J connectivity index is 3.83. The number of carboxylic acids is 1. The summed E-state index contributed by atoms with van der Waals surface area (Å²) in [6, 6.07) is 0. The largest absolute Gasteiger partial charge is 0.481 e. The Morgan fingerprint density at radius 1 is 1.40 bits per heavy atom. The minimum atomic E-state index is -3.04. The average Bonchev–Trinajstić information content (AvgIpc) is 2.11. The van der Waals surface area contributed by atoms with Crippen LogP contribution >= 0.6 is 15.9 Å². The molecule has 0 saturated heterocycles. The van der Waals surface area contributed by atoms with Crippen LogP contribution in [0.1, 0.15) is 39.0 Å². The van der Waals surface area contributed by atoms with Crippen molar-refractivity contribution >= 4 is 31.7 Å². The van der Waals surface area contributed by atoms with Crippen LogP contribution in [-0.4, -0.2) is 29.4 Å². The van der Waals surface area contributed by atoms with Gasteiger partial charge in [0.1, 0.15) is 4.16 Å². The number of carboxylic acid groups (broad SMARTS) is 1. The number of halogens is 1. The van der Waals surface area contributed by atoms with Crippen molar-refractivity contribution in [2.24, 2.45) is 0 Å². The Morgan fingerprint density at radius 3 is 2.47 bits per heavy atom. The summed E-state index contributed by atoms with van der Waals surface area (Å²) < 4.78 is 22.5. The molecule has 15 heavy (non-hydrogen) atoms. The first-order valence-electron chi connectivity index (χ1n) is 4.97. The number of sulfone groups is 1. The van der Waals surface area contributed by atoms with Gasteiger partial charge in [0.25, 0.3) is 0 Å². The predicted molar refractivity (Wildman–Crippen MR) is 62.9 cm³/mol. The van der Waals surface area contributed by atoms with E-state index >= 15 is 0 Å². The fourth-order valence-electron chi connectivity index (χ4n) is 1.17. The number of unbranched alkanes of at least 4 members (excludes halogenated alkanes) is 1. The molecule has 1 unspecified atom stereocenters. The third-order valence-corrected chi connectivity index (χ3v) is 6.11. The third-order valence-electron chi connectivity index (χ3n) is 1.95. The monoisotopic (exact) mass is 300 g/mol. The number of hydrogen-bond acceptors (Lipinski definition) is 3. The second kappa shape index (κ2) is 7.22. The highest BCUT2D eigenvalue weighted by atomic mass is 79.9. The van der Waals surface area contributed by atoms with E-state index in [4.69, 9.17) is 5.11 Å². The van der Waals surface area contributed by atoms with Crippen LogP contribution in [0.2, 0.25) is 0 Å². The lowest BCUT2D eigenvalue weighted by Gasteiger charge is -2.09. The first-order valence-corrected chi connectivity index (χ1v) is 7.60. The number of rotatable bonds is 8. The second-order valence-corrected chi connectivity index (χ2v) is 7.43. The number of hydrogen-bond donors (Lipinski definition) is 1. The highest BCUT2D eigenvalue weighted by Crippen LogP contribution is 2.18. The third kappa shape index (κ3) is 6.89. The lowest BCUT2D eigenvalue weighted by atomic mass is 10.2. The average molecular weight is 301 g/mol. The summed E-state index contributed by atoms with van der Waals surface area (Å²) in [5, 5.41) is 8.39. The maximum atomic E-state index is 11.5. The minimum absolute atomic E-state index is 0.105. The van der Waals surface area contributed by atoms with E-state index in [2.05, 4.69) is 15.9 Å². The normalized spacial score (nSPS) is 13.7. The van der Waals surface area contributed by atoms with Crippen LogP contribution in [0.5, 0.6) is 0 Å². The van der Waals surface area contributed by atoms with Gasteiger partial charge in [0.2, 0.25) is 0 Å². The topological polar surface area (TPSA) is 71.4 Å². The highest BCUT2D eigenvalue weighted by molar-refractivity contribution is 9.11. The van der Waals surface area contributed by atoms with Crippen molar-refractivity contribution in [2.45, 2.75) is 43.2 Å². The molecule has 0 aliphatic heterocycles. The smallest absolute Gasteiger partial charge is 0.303 e. The molecule has 0 heterocycles. The molecule has 0 fully saturated rings. The van der Waals surface area contributed by atoms with Gasteiger partial charge in [0, 0.05) is 6.42 Å². The quantitative estimate of drug-likeness (QED) is 0.551. The first kappa shape index (κ1) is 14.9. The maximum Gasteiger partial charge on any atom is 0.303 e. The van der Waals surface area contributed by atoms with Gasteiger partial charge in [0.05, 0.1) is 5.75 Å². The van der Waals surface area contributed by atoms with Gasteiger partial charge in [0.15, 0.2) is 9.84 Å². The summed E-state index contributed by atoms with van der Waals surface area (Å²) in [6.07, 6.45) is 2.34. The van der Waals surface area contributed by atoms with Crippen LogP contribution in [0, 0.1) is 0 Å². The van der Waals surface area contributed by atoms with Gasteiger partial charge >= 0.3 is 5.97 Å². The molecule has 0 spiro atoms. The number of carbonyl (C=O) groups is 1. The highest BCUT2D eigenvalue weighted by Gasteiger charge is 2.20. The Morgan fingerprint density at radius 2 is 2.00 bits per heavy atom. The van der Waals surface area contributed by atoms with Crippen LogP contribution in [0.3, 0.4) is 0 Å². The fourth-order valence-corrected chi connectivity index (χ4v) is 3.41. The molecule has 0 aromatic carbocycles. The van der Waals surface area contributed by atoms with E-state index in [1.165, 1.54) is 0 Å². The molecule has 0 bridgehead atoms. The van der Waals surface area contributed by atoms with E-state index in [1.54, 1.807) is 0 Å². The summed E-state index contributed by atoms with van der Waals surface area (Å²) in [7, 11) is -3.04. The molecule has 0 aromatic rings. The van der Waals surface area contributed by atoms with E-state index in [0.717, 1.165) is 0 Å². The zero-order valence-electron chi connectivity index (χ0n) is 8.78. The van der Waals surface area contributed by atoms with Crippen molar-refractivity contribution in [1.82, 2.24) is 0 Å². The van der Waals surface area contributed by atoms with Crippen molar-refractivity contribution in [2.75, 3.05) is 5.75 Å². The molecular formula is C9H17BrO4S. The molecule has 0 amide bonds. The van der Waals surface area contributed by atoms with Gasteiger partial charge in [-0.15, -0.1) is 0 Å². The van der Waals surface area contributed by atoms with Gasteiger partial charge in [-0.05, 0) is 19.3 Å². The molecule has 6 heteroatoms. The number of alkyl halides is 1. The zero-order chi connectivity index (χ0) is 11.9. The van der Waals surface area contributed by atoms with E-state index in [0.29, 0.717) is 25.7 Å². The molecule has 0 aliphatic carbocycles. The van der Waals surface area contributed by atoms with Crippen LogP contribution < -0.4 is 0 Å². The van der Waals surface area contributed by atoms with Crippen LogP contribution in [0.4, 0.5) is 0 Å². The van der Waals surface area contributed by atoms with Crippen molar-refractivity contribution in [3.8, 4) is 0 Å². The SMILES string of the molecule is CCCS(=O)(=O)C(Br)CCCCC(=O)O. The molecule has 0 radical (unpaired) electrons. The number of aliphatic carboxylic acids is 1. The van der Waals surface area contributed by atoms with Crippen molar-refractivity contribution in [3.63, 3.8) is 0 Å². The van der Waals surface area contributed by atoms with Gasteiger partial charge in [-0.2, -0.15) is 0 Å². The Kier molecular flexibility index (Phi) is 7.17. The molecule has 90 valence electrons. The molecule has 4 nitrogen and oxygen atoms in total. The lowest BCUT2D eigenvalue weighted by molar-refractivity contribution is -0.137. The van der Waals surface area contributed by atoms with Gasteiger partial charge < -0.3 is 5.11 Å². The van der Waals surface area contributed by atoms with Crippen molar-refractivity contribution in [3.05, 3.63) is 0 Å². The predicted octanol–water partition coefficient (Wildman–Crippen LogP) is 2.18. The Hall–Kier alpha value is -0.100. The molecule has 0 aromatic heterocycles. The molecular weight excluding hydrogens is 284 g/mol. The Bertz CT molecular complexity index is 286. The van der Waals surface area contributed by atoms with E-state index < -0.39 is 20.0 Å². The van der Waals surface area contributed by atoms with Gasteiger partial charge in [-0.1, -0.05) is 29.3 Å². The maximum absolute atomic E-state index is 11.5. The fraction of sp³-hybridized carbons (Fsp3) is 0.889. The minimum Gasteiger partial charge on any atom is -0.481 e. The first-order chi connectivity index (χ1) is 6.90. The van der Waals surface area contributed by atoms with E-state index in [9.17, 15) is 13.2 Å². The molecule has 0 rings (SSSR count). The summed E-state index contributed by atoms with van der Waals surface area (Å²) in [6.45, 7) is 1.82. The summed E-state index contributed by atoms with van der Waals surface area (Å²) in [5.41, 5.74) is 0. The van der Waals surface area contributed by atoms with Crippen molar-refractivity contribution in [1.29, 1.82) is 0 Å². The Labute approximate surface area is 99.1 Å². The van der Waals surface area contributed by atoms with Crippen LogP contribution in [0.25, 0.3) is 0 Å². The summed E-state index contributed by atoms with van der Waals surface area (Å²) in [5.74, 6) is -0.653. The van der Waals surface area contributed by atoms with Crippen LogP contribution in [-0.2, 0) is 14.6 Å². The van der Waals surface area contributed by atoms with Gasteiger partial charge in [-0.3, -0.25) is 4.79 Å². The molecule has 0 saturated carbocycles. The van der Waals surface area contributed by atoms with E-state index in [-0.39, 0.29) is 12.2 Å². The molecule has 0 aliphatic rings. The summed E-state index contributed by atoms with van der Waals surface area (Å²) >= 11 is 3.13. The zero-order valence-corrected chi connectivity index (χ0v) is 11.2. The van der Waals surface area contributed by atoms with E-state index in [1.807, 2.05) is 6.92 Å². The summed E-state index contributed by atoms with van der Waals surface area (Å²) in [4.78, 5) is 10.2. The molecule has 1 N–H and O–H groups in total. The van der Waals surface area contributed by atoms with Gasteiger partial charge in [-0.25, -0.2) is 8.42 Å². The standard InChI is InChI=1S/C9H17BrO4S/c1-2-7-15(13,14)8(10)5-3-4-6-9(11)12/h8H,2-7H2,1H3,(H,11,12). The van der Waals surface area contributed by atoms with Crippen molar-refractivity contribution < 1.29 is 18.3 Å². The molecule has 1 atom stereocenters. The van der Waals surface area contributed by atoms with Crippen LogP contribution in [0.15, 0.2) is 0 Å². The second-order valence-electron chi connectivity index (χ2n) is 3.42. The lowest BCUT2D eigenvalue weighted by Crippen LogP contribution is -2.18.